The van der Waals surface area contributed by atoms with Crippen molar-refractivity contribution >= 4 is 17.2 Å². The van der Waals surface area contributed by atoms with Crippen molar-refractivity contribution in [3.63, 3.8) is 0 Å². The lowest BCUT2D eigenvalue weighted by molar-refractivity contribution is 0.261. The molecule has 0 amide bonds. The summed E-state index contributed by atoms with van der Waals surface area (Å²) in [7, 11) is 4.19. The predicted molar refractivity (Wildman–Crippen MR) is 132 cm³/mol. The normalized spacial score (nSPS) is 11.8. The summed E-state index contributed by atoms with van der Waals surface area (Å²) in [5.41, 5.74) is 4.28. The molecule has 0 radical (unpaired) electrons. The molecule has 0 unspecified atom stereocenters. The number of hydrogen-bond donors (Lipinski definition) is 2. The Morgan fingerprint density at radius 3 is 2.47 bits per heavy atom. The molecular formula is C25H38N6O. The largest absolute Gasteiger partial charge is 0.477 e. The standard InChI is InChI=1S/C25H38N6O/c1-18(2)17-32-24-15-23(31-25(29-24)22(16-27-31)19(3)4)28-21-9-7-20(8-10-21)11-12-26-13-14-30(5)6/h7-10,15-16,18-19,26,28H,11-14,17H2,1-6H3. The molecule has 0 saturated carbocycles. The zero-order valence-corrected chi connectivity index (χ0v) is 20.4. The molecule has 174 valence electrons. The zero-order valence-electron chi connectivity index (χ0n) is 20.4. The highest BCUT2D eigenvalue weighted by molar-refractivity contribution is 5.63. The van der Waals surface area contributed by atoms with Crippen LogP contribution in [0.1, 0.15) is 44.7 Å². The van der Waals surface area contributed by atoms with Crippen LogP contribution in [-0.2, 0) is 6.42 Å². The molecule has 32 heavy (non-hydrogen) atoms. The molecule has 3 rings (SSSR count). The molecule has 0 spiro atoms. The first kappa shape index (κ1) is 24.0. The van der Waals surface area contributed by atoms with Crippen LogP contribution in [0.4, 0.5) is 11.5 Å². The molecule has 7 nitrogen and oxygen atoms in total. The number of rotatable bonds is 12. The molecule has 1 aromatic carbocycles. The second kappa shape index (κ2) is 11.3. The van der Waals surface area contributed by atoms with Crippen molar-refractivity contribution < 1.29 is 4.74 Å². The van der Waals surface area contributed by atoms with Gasteiger partial charge in [0.25, 0.3) is 0 Å². The van der Waals surface area contributed by atoms with E-state index >= 15 is 0 Å². The van der Waals surface area contributed by atoms with E-state index in [-0.39, 0.29) is 0 Å². The molecule has 2 heterocycles. The summed E-state index contributed by atoms with van der Waals surface area (Å²) < 4.78 is 7.82. The molecular weight excluding hydrogens is 400 g/mol. The number of fused-ring (bicyclic) bond motifs is 1. The van der Waals surface area contributed by atoms with Crippen molar-refractivity contribution in [2.75, 3.05) is 45.7 Å². The third-order valence-electron chi connectivity index (χ3n) is 5.21. The van der Waals surface area contributed by atoms with Gasteiger partial charge in [-0.25, -0.2) is 0 Å². The van der Waals surface area contributed by atoms with E-state index in [9.17, 15) is 0 Å². The summed E-state index contributed by atoms with van der Waals surface area (Å²) in [4.78, 5) is 6.92. The maximum absolute atomic E-state index is 5.95. The van der Waals surface area contributed by atoms with Gasteiger partial charge in [0.1, 0.15) is 5.82 Å². The van der Waals surface area contributed by atoms with Crippen molar-refractivity contribution in [1.82, 2.24) is 24.8 Å². The molecule has 2 aromatic heterocycles. The van der Waals surface area contributed by atoms with Crippen LogP contribution in [0.5, 0.6) is 5.88 Å². The van der Waals surface area contributed by atoms with Gasteiger partial charge in [0.05, 0.1) is 12.8 Å². The van der Waals surface area contributed by atoms with E-state index in [0.717, 1.165) is 48.8 Å². The average Bonchev–Trinajstić information content (AvgIpc) is 3.17. The fraction of sp³-hybridized carbons (Fsp3) is 0.520. The van der Waals surface area contributed by atoms with Gasteiger partial charge in [-0.2, -0.15) is 14.6 Å². The minimum atomic E-state index is 0.332. The Morgan fingerprint density at radius 1 is 1.06 bits per heavy atom. The number of likely N-dealkylation sites (N-methyl/N-ethyl adjacent to an activating group) is 1. The lowest BCUT2D eigenvalue weighted by Gasteiger charge is -2.14. The summed E-state index contributed by atoms with van der Waals surface area (Å²) in [6.45, 7) is 12.2. The van der Waals surface area contributed by atoms with Gasteiger partial charge in [-0.05, 0) is 56.6 Å². The topological polar surface area (TPSA) is 66.7 Å². The van der Waals surface area contributed by atoms with Gasteiger partial charge in [0.2, 0.25) is 5.88 Å². The quantitative estimate of drug-likeness (QED) is 0.411. The highest BCUT2D eigenvalue weighted by atomic mass is 16.5. The number of aromatic nitrogens is 3. The summed E-state index contributed by atoms with van der Waals surface area (Å²) >= 11 is 0. The fourth-order valence-corrected chi connectivity index (χ4v) is 3.34. The van der Waals surface area contributed by atoms with Gasteiger partial charge < -0.3 is 20.3 Å². The van der Waals surface area contributed by atoms with E-state index in [1.165, 1.54) is 5.56 Å². The Bertz CT molecular complexity index is 978. The number of nitrogens with one attached hydrogen (secondary N) is 2. The predicted octanol–water partition coefficient (Wildman–Crippen LogP) is 4.32. The Morgan fingerprint density at radius 2 is 1.81 bits per heavy atom. The summed E-state index contributed by atoms with van der Waals surface area (Å²) in [5.74, 6) is 2.23. The monoisotopic (exact) mass is 438 g/mol. The molecule has 7 heteroatoms. The van der Waals surface area contributed by atoms with Crippen LogP contribution in [0.3, 0.4) is 0 Å². The average molecular weight is 439 g/mol. The van der Waals surface area contributed by atoms with Gasteiger partial charge in [0.15, 0.2) is 5.65 Å². The highest BCUT2D eigenvalue weighted by Crippen LogP contribution is 2.27. The second-order valence-electron chi connectivity index (χ2n) is 9.30. The molecule has 0 atom stereocenters. The SMILES string of the molecule is CC(C)COc1cc(Nc2ccc(CCNCCN(C)C)cc2)n2ncc(C(C)C)c2n1. The maximum Gasteiger partial charge on any atom is 0.219 e. The Kier molecular flexibility index (Phi) is 8.47. The van der Waals surface area contributed by atoms with Crippen LogP contribution in [0.15, 0.2) is 36.5 Å². The molecule has 0 bridgehead atoms. The Hall–Kier alpha value is -2.64. The van der Waals surface area contributed by atoms with Crippen molar-refractivity contribution in [3.8, 4) is 5.88 Å². The molecule has 2 N–H and O–H groups in total. The molecule has 0 fully saturated rings. The van der Waals surface area contributed by atoms with Crippen LogP contribution in [-0.4, -0.2) is 59.8 Å². The molecule has 0 aliphatic rings. The first-order chi connectivity index (χ1) is 15.3. The van der Waals surface area contributed by atoms with E-state index < -0.39 is 0 Å². The van der Waals surface area contributed by atoms with Crippen molar-refractivity contribution in [2.24, 2.45) is 5.92 Å². The molecule has 0 aliphatic heterocycles. The van der Waals surface area contributed by atoms with Crippen LogP contribution in [0.2, 0.25) is 0 Å². The Balaban J connectivity index is 1.72. The van der Waals surface area contributed by atoms with E-state index in [1.54, 1.807) is 0 Å². The molecule has 0 aliphatic carbocycles. The lowest BCUT2D eigenvalue weighted by Crippen LogP contribution is -2.27. The highest BCUT2D eigenvalue weighted by Gasteiger charge is 2.15. The van der Waals surface area contributed by atoms with Crippen LogP contribution >= 0.6 is 0 Å². The van der Waals surface area contributed by atoms with Gasteiger partial charge in [-0.3, -0.25) is 0 Å². The van der Waals surface area contributed by atoms with E-state index in [2.05, 4.69) is 86.7 Å². The lowest BCUT2D eigenvalue weighted by atomic mass is 10.1. The van der Waals surface area contributed by atoms with E-state index in [4.69, 9.17) is 9.72 Å². The van der Waals surface area contributed by atoms with Crippen molar-refractivity contribution in [2.45, 2.75) is 40.0 Å². The minimum Gasteiger partial charge on any atom is -0.477 e. The van der Waals surface area contributed by atoms with Gasteiger partial charge >= 0.3 is 0 Å². The minimum absolute atomic E-state index is 0.332. The van der Waals surface area contributed by atoms with Crippen molar-refractivity contribution in [1.29, 1.82) is 0 Å². The summed E-state index contributed by atoms with van der Waals surface area (Å²) in [6.07, 6.45) is 2.91. The number of hydrogen-bond acceptors (Lipinski definition) is 6. The number of benzene rings is 1. The summed E-state index contributed by atoms with van der Waals surface area (Å²) in [6, 6.07) is 10.5. The van der Waals surface area contributed by atoms with Gasteiger partial charge in [0, 0.05) is 30.4 Å². The first-order valence-electron chi connectivity index (χ1n) is 11.6. The maximum atomic E-state index is 5.95. The number of anilines is 2. The van der Waals surface area contributed by atoms with E-state index in [1.807, 2.05) is 16.8 Å². The van der Waals surface area contributed by atoms with Crippen LogP contribution in [0.25, 0.3) is 5.65 Å². The zero-order chi connectivity index (χ0) is 23.1. The van der Waals surface area contributed by atoms with Crippen LogP contribution < -0.4 is 15.4 Å². The summed E-state index contributed by atoms with van der Waals surface area (Å²) in [5, 5.41) is 11.6. The van der Waals surface area contributed by atoms with Crippen LogP contribution in [0, 0.1) is 5.92 Å². The van der Waals surface area contributed by atoms with Gasteiger partial charge in [-0.1, -0.05) is 39.8 Å². The fourth-order valence-electron chi connectivity index (χ4n) is 3.34. The van der Waals surface area contributed by atoms with Gasteiger partial charge in [-0.15, -0.1) is 0 Å². The molecule has 0 saturated heterocycles. The third kappa shape index (κ3) is 6.68. The third-order valence-corrected chi connectivity index (χ3v) is 5.21. The molecule has 3 aromatic rings. The smallest absolute Gasteiger partial charge is 0.219 e. The second-order valence-corrected chi connectivity index (χ2v) is 9.30. The number of nitrogens with zero attached hydrogens (tertiary/aromatic N) is 4. The first-order valence-corrected chi connectivity index (χ1v) is 11.6. The number of ether oxygens (including phenoxy) is 1. The Labute approximate surface area is 192 Å². The van der Waals surface area contributed by atoms with E-state index in [0.29, 0.717) is 24.3 Å². The van der Waals surface area contributed by atoms with Crippen molar-refractivity contribution in [3.05, 3.63) is 47.7 Å².